The highest BCUT2D eigenvalue weighted by Crippen LogP contribution is 2.12. The number of anilines is 1. The predicted octanol–water partition coefficient (Wildman–Crippen LogP) is 3.20. The number of nitrogens with one attached hydrogen (secondary N) is 1. The van der Waals surface area contributed by atoms with Crippen molar-refractivity contribution < 1.29 is 9.18 Å². The Morgan fingerprint density at radius 3 is 2.53 bits per heavy atom. The highest BCUT2D eigenvalue weighted by molar-refractivity contribution is 5.92. The quantitative estimate of drug-likeness (QED) is 0.810. The van der Waals surface area contributed by atoms with Gasteiger partial charge < -0.3 is 5.32 Å². The number of rotatable bonds is 4. The third-order valence-electron chi connectivity index (χ3n) is 2.28. The maximum absolute atomic E-state index is 12.6. The third kappa shape index (κ3) is 3.70. The first-order valence-corrected chi connectivity index (χ1v) is 5.20. The second-order valence-corrected chi connectivity index (χ2v) is 3.69. The van der Waals surface area contributed by atoms with Gasteiger partial charge in [0.1, 0.15) is 5.82 Å². The van der Waals surface area contributed by atoms with E-state index >= 15 is 0 Å². The molecule has 0 aliphatic heterocycles. The summed E-state index contributed by atoms with van der Waals surface area (Å²) in [5.74, 6) is -0.307. The van der Waals surface area contributed by atoms with Gasteiger partial charge >= 0.3 is 0 Å². The molecule has 0 heterocycles. The van der Waals surface area contributed by atoms with Gasteiger partial charge in [-0.05, 0) is 30.7 Å². The van der Waals surface area contributed by atoms with E-state index in [4.69, 9.17) is 0 Å². The molecule has 2 nitrogen and oxygen atoms in total. The van der Waals surface area contributed by atoms with Gasteiger partial charge in [-0.2, -0.15) is 0 Å². The monoisotopic (exact) mass is 209 g/mol. The first kappa shape index (κ1) is 11.7. The van der Waals surface area contributed by atoms with E-state index in [1.54, 1.807) is 12.1 Å². The molecule has 3 heteroatoms. The number of benzene rings is 1. The molecule has 1 rings (SSSR count). The zero-order valence-electron chi connectivity index (χ0n) is 9.09. The highest BCUT2D eigenvalue weighted by atomic mass is 19.1. The van der Waals surface area contributed by atoms with E-state index in [2.05, 4.69) is 5.32 Å². The van der Waals surface area contributed by atoms with Crippen LogP contribution in [0.25, 0.3) is 0 Å². The van der Waals surface area contributed by atoms with Crippen LogP contribution in [0, 0.1) is 11.7 Å². The Hall–Kier alpha value is -1.38. The van der Waals surface area contributed by atoms with Crippen LogP contribution < -0.4 is 5.32 Å². The van der Waals surface area contributed by atoms with Crippen LogP contribution in [0.3, 0.4) is 0 Å². The summed E-state index contributed by atoms with van der Waals surface area (Å²) in [5, 5.41) is 2.75. The van der Waals surface area contributed by atoms with Crippen LogP contribution in [0.2, 0.25) is 0 Å². The van der Waals surface area contributed by atoms with Gasteiger partial charge in [-0.15, -0.1) is 0 Å². The van der Waals surface area contributed by atoms with Crippen LogP contribution in [0.15, 0.2) is 24.3 Å². The fourth-order valence-electron chi connectivity index (χ4n) is 1.36. The van der Waals surface area contributed by atoms with Crippen LogP contribution in [0.5, 0.6) is 0 Å². The van der Waals surface area contributed by atoms with E-state index in [0.717, 1.165) is 12.8 Å². The molecule has 1 atom stereocenters. The number of hydrogen-bond acceptors (Lipinski definition) is 1. The van der Waals surface area contributed by atoms with E-state index in [0.29, 0.717) is 5.69 Å². The molecule has 0 aliphatic carbocycles. The first-order chi connectivity index (χ1) is 7.13. The normalized spacial score (nSPS) is 12.2. The molecular formula is C12H16FNO. The second kappa shape index (κ2) is 5.49. The van der Waals surface area contributed by atoms with E-state index in [-0.39, 0.29) is 17.6 Å². The van der Waals surface area contributed by atoms with Gasteiger partial charge in [0.25, 0.3) is 0 Å². The molecule has 0 saturated heterocycles. The molecule has 0 spiro atoms. The number of carbonyl (C=O) groups is 1. The van der Waals surface area contributed by atoms with E-state index in [1.165, 1.54) is 12.1 Å². The van der Waals surface area contributed by atoms with Gasteiger partial charge in [0.05, 0.1) is 0 Å². The van der Waals surface area contributed by atoms with Crippen molar-refractivity contribution in [3.05, 3.63) is 30.1 Å². The van der Waals surface area contributed by atoms with E-state index in [9.17, 15) is 9.18 Å². The van der Waals surface area contributed by atoms with Gasteiger partial charge in [0.15, 0.2) is 0 Å². The second-order valence-electron chi connectivity index (χ2n) is 3.69. The molecule has 82 valence electrons. The van der Waals surface area contributed by atoms with Crippen molar-refractivity contribution in [1.29, 1.82) is 0 Å². The summed E-state index contributed by atoms with van der Waals surface area (Å²) in [4.78, 5) is 11.6. The van der Waals surface area contributed by atoms with Crippen molar-refractivity contribution in [3.8, 4) is 0 Å². The molecule has 0 fully saturated rings. The maximum atomic E-state index is 12.6. The Morgan fingerprint density at radius 1 is 1.40 bits per heavy atom. The summed E-state index contributed by atoms with van der Waals surface area (Å²) in [6.45, 7) is 3.93. The molecule has 1 amide bonds. The third-order valence-corrected chi connectivity index (χ3v) is 2.28. The van der Waals surface area contributed by atoms with Crippen LogP contribution >= 0.6 is 0 Å². The lowest BCUT2D eigenvalue weighted by molar-refractivity contribution is -0.119. The molecule has 1 N–H and O–H groups in total. The van der Waals surface area contributed by atoms with E-state index < -0.39 is 0 Å². The predicted molar refractivity (Wildman–Crippen MR) is 59.1 cm³/mol. The molecule has 0 aliphatic rings. The molecule has 15 heavy (non-hydrogen) atoms. The largest absolute Gasteiger partial charge is 0.326 e. The number of amides is 1. The fourth-order valence-corrected chi connectivity index (χ4v) is 1.36. The average molecular weight is 209 g/mol. The molecule has 0 radical (unpaired) electrons. The van der Waals surface area contributed by atoms with Crippen molar-refractivity contribution in [1.82, 2.24) is 0 Å². The van der Waals surface area contributed by atoms with Crippen molar-refractivity contribution >= 4 is 11.6 Å². The average Bonchev–Trinajstić information content (AvgIpc) is 2.22. The van der Waals surface area contributed by atoms with E-state index in [1.807, 2.05) is 13.8 Å². The molecule has 1 aromatic rings. The fraction of sp³-hybridized carbons (Fsp3) is 0.417. The SMILES string of the molecule is CCC[C@@H](C)C(=O)Nc1ccc(F)cc1. The van der Waals surface area contributed by atoms with Gasteiger partial charge in [-0.25, -0.2) is 4.39 Å². The Balaban J connectivity index is 2.54. The Labute approximate surface area is 89.5 Å². The molecule has 0 saturated carbocycles. The van der Waals surface area contributed by atoms with Crippen LogP contribution in [-0.4, -0.2) is 5.91 Å². The molecule has 0 aromatic heterocycles. The number of hydrogen-bond donors (Lipinski definition) is 1. The van der Waals surface area contributed by atoms with Gasteiger partial charge in [-0.3, -0.25) is 4.79 Å². The maximum Gasteiger partial charge on any atom is 0.227 e. The lowest BCUT2D eigenvalue weighted by Crippen LogP contribution is -2.20. The van der Waals surface area contributed by atoms with Crippen molar-refractivity contribution in [2.45, 2.75) is 26.7 Å². The summed E-state index contributed by atoms with van der Waals surface area (Å²) in [6.07, 6.45) is 1.85. The van der Waals surface area contributed by atoms with Gasteiger partial charge in [0.2, 0.25) is 5.91 Å². The first-order valence-electron chi connectivity index (χ1n) is 5.20. The Kier molecular flexibility index (Phi) is 4.28. The summed E-state index contributed by atoms with van der Waals surface area (Å²) in [6, 6.07) is 5.79. The standard InChI is InChI=1S/C12H16FNO/c1-3-4-9(2)12(15)14-11-7-5-10(13)6-8-11/h5-9H,3-4H2,1-2H3,(H,14,15)/t9-/m1/s1. The summed E-state index contributed by atoms with van der Waals surface area (Å²) in [7, 11) is 0. The van der Waals surface area contributed by atoms with Gasteiger partial charge in [-0.1, -0.05) is 20.3 Å². The van der Waals surface area contributed by atoms with Crippen LogP contribution in [0.4, 0.5) is 10.1 Å². The van der Waals surface area contributed by atoms with Crippen molar-refractivity contribution in [2.24, 2.45) is 5.92 Å². The Bertz CT molecular complexity index is 321. The Morgan fingerprint density at radius 2 is 2.00 bits per heavy atom. The lowest BCUT2D eigenvalue weighted by Gasteiger charge is -2.10. The minimum Gasteiger partial charge on any atom is -0.326 e. The number of carbonyl (C=O) groups excluding carboxylic acids is 1. The van der Waals surface area contributed by atoms with Crippen LogP contribution in [-0.2, 0) is 4.79 Å². The minimum absolute atomic E-state index is 0.0000491. The molecule has 1 aromatic carbocycles. The zero-order chi connectivity index (χ0) is 11.3. The zero-order valence-corrected chi connectivity index (χ0v) is 9.09. The highest BCUT2D eigenvalue weighted by Gasteiger charge is 2.11. The van der Waals surface area contributed by atoms with Crippen molar-refractivity contribution in [3.63, 3.8) is 0 Å². The minimum atomic E-state index is -0.297. The lowest BCUT2D eigenvalue weighted by atomic mass is 10.1. The van der Waals surface area contributed by atoms with Crippen molar-refractivity contribution in [2.75, 3.05) is 5.32 Å². The summed E-state index contributed by atoms with van der Waals surface area (Å²) < 4.78 is 12.6. The summed E-state index contributed by atoms with van der Waals surface area (Å²) >= 11 is 0. The topological polar surface area (TPSA) is 29.1 Å². The number of halogens is 1. The molecule has 0 bridgehead atoms. The smallest absolute Gasteiger partial charge is 0.227 e. The molecule has 0 unspecified atom stereocenters. The molecular weight excluding hydrogens is 193 g/mol. The summed E-state index contributed by atoms with van der Waals surface area (Å²) in [5.41, 5.74) is 0.643. The van der Waals surface area contributed by atoms with Gasteiger partial charge in [0, 0.05) is 11.6 Å². The van der Waals surface area contributed by atoms with Crippen LogP contribution in [0.1, 0.15) is 26.7 Å².